The van der Waals surface area contributed by atoms with E-state index >= 15 is 0 Å². The molecule has 0 atom stereocenters. The molecule has 0 N–H and O–H groups in total. The maximum Gasteiger partial charge on any atom is 1.00 e. The van der Waals surface area contributed by atoms with E-state index < -0.39 is 8.60 Å². The van der Waals surface area contributed by atoms with Crippen molar-refractivity contribution in [3.05, 3.63) is 91.0 Å². The SMILES string of the molecule is [H+].c1ccc(OP(Oc2ccccc2)Oc2ccccc2)cc1. The third-order valence-electron chi connectivity index (χ3n) is 2.77. The van der Waals surface area contributed by atoms with Crippen molar-refractivity contribution in [3.63, 3.8) is 0 Å². The Morgan fingerprint density at radius 3 is 1.00 bits per heavy atom. The van der Waals surface area contributed by atoms with E-state index in [4.69, 9.17) is 13.6 Å². The summed E-state index contributed by atoms with van der Waals surface area (Å²) in [5.41, 5.74) is 0. The molecular weight excluding hydrogens is 295 g/mol. The first-order valence-electron chi connectivity index (χ1n) is 6.89. The zero-order valence-electron chi connectivity index (χ0n) is 12.8. The zero-order chi connectivity index (χ0) is 15.0. The van der Waals surface area contributed by atoms with Crippen molar-refractivity contribution in [2.45, 2.75) is 0 Å². The number of para-hydroxylation sites is 3. The van der Waals surface area contributed by atoms with Gasteiger partial charge < -0.3 is 13.6 Å². The average Bonchev–Trinajstić information content (AvgIpc) is 2.57. The summed E-state index contributed by atoms with van der Waals surface area (Å²) in [5, 5.41) is 0. The molecule has 0 aliphatic rings. The van der Waals surface area contributed by atoms with Gasteiger partial charge in [-0.3, -0.25) is 0 Å². The molecule has 0 aliphatic heterocycles. The smallest absolute Gasteiger partial charge is 0.409 e. The van der Waals surface area contributed by atoms with E-state index in [-0.39, 0.29) is 1.43 Å². The summed E-state index contributed by atoms with van der Waals surface area (Å²) in [4.78, 5) is 0. The van der Waals surface area contributed by atoms with Crippen LogP contribution in [0, 0.1) is 0 Å². The molecular formula is C18H16O3P+. The summed E-state index contributed by atoms with van der Waals surface area (Å²) >= 11 is 0. The normalized spacial score (nSPS) is 10.2. The van der Waals surface area contributed by atoms with Crippen LogP contribution in [0.3, 0.4) is 0 Å². The van der Waals surface area contributed by atoms with Crippen LogP contribution in [0.2, 0.25) is 0 Å². The van der Waals surface area contributed by atoms with E-state index in [1.165, 1.54) is 0 Å². The molecule has 3 aromatic rings. The molecule has 0 bridgehead atoms. The largest absolute Gasteiger partial charge is 1.00 e. The lowest BCUT2D eigenvalue weighted by Crippen LogP contribution is -2.02. The molecule has 3 nitrogen and oxygen atoms in total. The van der Waals surface area contributed by atoms with Crippen molar-refractivity contribution < 1.29 is 15.0 Å². The minimum Gasteiger partial charge on any atom is -0.409 e. The van der Waals surface area contributed by atoms with E-state index in [1.54, 1.807) is 0 Å². The Morgan fingerprint density at radius 1 is 0.455 bits per heavy atom. The average molecular weight is 311 g/mol. The third-order valence-corrected chi connectivity index (χ3v) is 3.85. The van der Waals surface area contributed by atoms with Crippen LogP contribution in [0.1, 0.15) is 1.43 Å². The first-order valence-corrected chi connectivity index (χ1v) is 7.99. The predicted octanol–water partition coefficient (Wildman–Crippen LogP) is 5.56. The van der Waals surface area contributed by atoms with Crippen LogP contribution in [0.15, 0.2) is 91.0 Å². The van der Waals surface area contributed by atoms with Gasteiger partial charge in [0.15, 0.2) is 0 Å². The Labute approximate surface area is 132 Å². The summed E-state index contributed by atoms with van der Waals surface area (Å²) in [6.07, 6.45) is 0. The van der Waals surface area contributed by atoms with Crippen molar-refractivity contribution in [1.82, 2.24) is 0 Å². The molecule has 0 fully saturated rings. The van der Waals surface area contributed by atoms with Gasteiger partial charge in [0.05, 0.1) is 0 Å². The monoisotopic (exact) mass is 311 g/mol. The minimum atomic E-state index is -1.59. The van der Waals surface area contributed by atoms with E-state index in [9.17, 15) is 0 Å². The van der Waals surface area contributed by atoms with Gasteiger partial charge in [0, 0.05) is 0 Å². The maximum absolute atomic E-state index is 5.84. The van der Waals surface area contributed by atoms with Crippen LogP contribution < -0.4 is 13.6 Å². The van der Waals surface area contributed by atoms with Crippen molar-refractivity contribution in [3.8, 4) is 17.2 Å². The van der Waals surface area contributed by atoms with Crippen LogP contribution in [0.25, 0.3) is 0 Å². The first-order chi connectivity index (χ1) is 10.9. The van der Waals surface area contributed by atoms with E-state index in [1.807, 2.05) is 91.0 Å². The molecule has 4 heteroatoms. The highest BCUT2D eigenvalue weighted by molar-refractivity contribution is 7.43. The highest BCUT2D eigenvalue weighted by Crippen LogP contribution is 2.41. The number of benzene rings is 3. The second-order valence-electron chi connectivity index (χ2n) is 4.44. The van der Waals surface area contributed by atoms with Crippen LogP contribution in [-0.2, 0) is 0 Å². The van der Waals surface area contributed by atoms with Gasteiger partial charge in [-0.1, -0.05) is 54.6 Å². The topological polar surface area (TPSA) is 27.7 Å². The molecule has 0 aromatic heterocycles. The van der Waals surface area contributed by atoms with Crippen LogP contribution in [-0.4, -0.2) is 0 Å². The second-order valence-corrected chi connectivity index (χ2v) is 5.43. The highest BCUT2D eigenvalue weighted by atomic mass is 31.2. The molecule has 0 amide bonds. The Balaban J connectivity index is 0.00000192. The van der Waals surface area contributed by atoms with Gasteiger partial charge in [-0.25, -0.2) is 0 Å². The lowest BCUT2D eigenvalue weighted by atomic mass is 10.3. The van der Waals surface area contributed by atoms with Crippen LogP contribution in [0.4, 0.5) is 0 Å². The summed E-state index contributed by atoms with van der Waals surface area (Å²) in [6, 6.07) is 28.5. The molecule has 0 saturated carbocycles. The summed E-state index contributed by atoms with van der Waals surface area (Å²) < 4.78 is 17.5. The quantitative estimate of drug-likeness (QED) is 0.558. The van der Waals surface area contributed by atoms with Crippen LogP contribution in [0.5, 0.6) is 17.2 Å². The van der Waals surface area contributed by atoms with Gasteiger partial charge in [0.2, 0.25) is 0 Å². The molecule has 0 saturated heterocycles. The maximum atomic E-state index is 5.84. The summed E-state index contributed by atoms with van der Waals surface area (Å²) in [7, 11) is -1.59. The standard InChI is InChI=1S/C18H15O3P/c1-4-10-16(11-5-1)19-22(20-17-12-6-2-7-13-17)21-18-14-8-3-9-15-18/h1-15H/p+1. The van der Waals surface area contributed by atoms with E-state index in [0.29, 0.717) is 17.2 Å². The lowest BCUT2D eigenvalue weighted by Gasteiger charge is -2.17. The Hall–Kier alpha value is -2.51. The third kappa shape index (κ3) is 4.24. The fourth-order valence-corrected chi connectivity index (χ4v) is 2.75. The van der Waals surface area contributed by atoms with E-state index in [2.05, 4.69) is 0 Å². The van der Waals surface area contributed by atoms with Gasteiger partial charge in [-0.15, -0.1) is 0 Å². The van der Waals surface area contributed by atoms with Gasteiger partial charge in [0.25, 0.3) is 0 Å². The van der Waals surface area contributed by atoms with Crippen LogP contribution >= 0.6 is 8.60 Å². The van der Waals surface area contributed by atoms with Crippen molar-refractivity contribution in [2.75, 3.05) is 0 Å². The predicted molar refractivity (Wildman–Crippen MR) is 89.2 cm³/mol. The molecule has 22 heavy (non-hydrogen) atoms. The molecule has 3 rings (SSSR count). The minimum absolute atomic E-state index is 0. The molecule has 0 heterocycles. The highest BCUT2D eigenvalue weighted by Gasteiger charge is 2.19. The number of hydrogen-bond donors (Lipinski definition) is 0. The summed E-state index contributed by atoms with van der Waals surface area (Å²) in [5.74, 6) is 2.13. The van der Waals surface area contributed by atoms with Gasteiger partial charge >= 0.3 is 10.0 Å². The Kier molecular flexibility index (Phi) is 4.91. The Bertz CT molecular complexity index is 582. The number of hydrogen-bond acceptors (Lipinski definition) is 3. The Morgan fingerprint density at radius 2 is 0.727 bits per heavy atom. The lowest BCUT2D eigenvalue weighted by molar-refractivity contribution is 0.388. The fraction of sp³-hybridized carbons (Fsp3) is 0. The molecule has 0 unspecified atom stereocenters. The van der Waals surface area contributed by atoms with Gasteiger partial charge in [0.1, 0.15) is 17.2 Å². The fourth-order valence-electron chi connectivity index (χ4n) is 1.76. The second kappa shape index (κ2) is 7.48. The van der Waals surface area contributed by atoms with Gasteiger partial charge in [-0.2, -0.15) is 0 Å². The molecule has 0 radical (unpaired) electrons. The van der Waals surface area contributed by atoms with Crippen molar-refractivity contribution in [2.24, 2.45) is 0 Å². The molecule has 0 spiro atoms. The van der Waals surface area contributed by atoms with Crippen molar-refractivity contribution in [1.29, 1.82) is 0 Å². The van der Waals surface area contributed by atoms with Gasteiger partial charge in [-0.05, 0) is 36.4 Å². The first kappa shape index (κ1) is 14.4. The molecule has 0 aliphatic carbocycles. The number of rotatable bonds is 6. The molecule has 110 valence electrons. The van der Waals surface area contributed by atoms with Crippen molar-refractivity contribution >= 4 is 8.60 Å². The van der Waals surface area contributed by atoms with E-state index in [0.717, 1.165) is 0 Å². The summed E-state index contributed by atoms with van der Waals surface area (Å²) in [6.45, 7) is 0. The molecule has 3 aromatic carbocycles. The zero-order valence-corrected chi connectivity index (χ0v) is 12.7.